The number of rotatable bonds is 6. The van der Waals surface area contributed by atoms with Gasteiger partial charge in [0.1, 0.15) is 6.04 Å². The smallest absolute Gasteiger partial charge is 0.124 e. The lowest BCUT2D eigenvalue weighted by Gasteiger charge is -2.06. The van der Waals surface area contributed by atoms with Gasteiger partial charge in [-0.3, -0.25) is 10.00 Å². The summed E-state index contributed by atoms with van der Waals surface area (Å²) in [5, 5.41) is 16.2. The van der Waals surface area contributed by atoms with Gasteiger partial charge >= 0.3 is 0 Å². The van der Waals surface area contributed by atoms with E-state index in [9.17, 15) is 0 Å². The third-order valence-corrected chi connectivity index (χ3v) is 2.03. The Morgan fingerprint density at radius 2 is 2.60 bits per heavy atom. The quantitative estimate of drug-likeness (QED) is 0.716. The molecule has 0 fully saturated rings. The van der Waals surface area contributed by atoms with Crippen molar-refractivity contribution in [3.63, 3.8) is 0 Å². The van der Waals surface area contributed by atoms with Crippen LogP contribution in [0.4, 0.5) is 0 Å². The van der Waals surface area contributed by atoms with Crippen molar-refractivity contribution in [2.45, 2.75) is 25.9 Å². The van der Waals surface area contributed by atoms with E-state index in [-0.39, 0.29) is 6.04 Å². The fraction of sp³-hybridized carbons (Fsp3) is 0.455. The van der Waals surface area contributed by atoms with Crippen molar-refractivity contribution < 1.29 is 0 Å². The van der Waals surface area contributed by atoms with E-state index in [0.29, 0.717) is 6.54 Å². The first-order chi connectivity index (χ1) is 7.31. The van der Waals surface area contributed by atoms with Crippen LogP contribution in [0, 0.1) is 11.3 Å². The molecule has 0 amide bonds. The summed E-state index contributed by atoms with van der Waals surface area (Å²) < 4.78 is 1.86. The van der Waals surface area contributed by atoms with Gasteiger partial charge in [-0.1, -0.05) is 13.0 Å². The van der Waals surface area contributed by atoms with Gasteiger partial charge < -0.3 is 0 Å². The summed E-state index contributed by atoms with van der Waals surface area (Å²) in [6, 6.07) is 1.90. The average molecular weight is 204 g/mol. The van der Waals surface area contributed by atoms with Crippen LogP contribution in [-0.4, -0.2) is 16.3 Å². The number of nitrogens with one attached hydrogen (secondary N) is 1. The Morgan fingerprint density at radius 1 is 1.80 bits per heavy atom. The van der Waals surface area contributed by atoms with E-state index < -0.39 is 0 Å². The predicted octanol–water partition coefficient (Wildman–Crippen LogP) is 1.63. The standard InChI is InChI=1S/C11H16N4/c1-3-5-13-11(7-12)10-8-14-15(9-10)6-4-2/h3,8-9,11,13H,1,4-6H2,2H3. The lowest BCUT2D eigenvalue weighted by Crippen LogP contribution is -2.19. The fourth-order valence-corrected chi connectivity index (χ4v) is 1.32. The highest BCUT2D eigenvalue weighted by molar-refractivity contribution is 5.17. The molecule has 80 valence electrons. The van der Waals surface area contributed by atoms with E-state index in [1.807, 2.05) is 10.9 Å². The molecular formula is C11H16N4. The zero-order valence-electron chi connectivity index (χ0n) is 8.98. The summed E-state index contributed by atoms with van der Waals surface area (Å²) in [5.74, 6) is 0. The monoisotopic (exact) mass is 204 g/mol. The van der Waals surface area contributed by atoms with Crippen LogP contribution in [0.25, 0.3) is 0 Å². The molecule has 0 radical (unpaired) electrons. The minimum absolute atomic E-state index is 0.298. The first-order valence-electron chi connectivity index (χ1n) is 5.08. The second-order valence-electron chi connectivity index (χ2n) is 3.30. The van der Waals surface area contributed by atoms with Crippen molar-refractivity contribution in [2.75, 3.05) is 6.54 Å². The van der Waals surface area contributed by atoms with Crippen LogP contribution in [0.15, 0.2) is 25.0 Å². The van der Waals surface area contributed by atoms with E-state index in [0.717, 1.165) is 18.5 Å². The summed E-state index contributed by atoms with van der Waals surface area (Å²) in [6.45, 7) is 7.21. The van der Waals surface area contributed by atoms with Crippen molar-refractivity contribution in [1.82, 2.24) is 15.1 Å². The SMILES string of the molecule is C=CCNC(C#N)c1cnn(CCC)c1. The molecule has 1 heterocycles. The molecule has 1 aromatic rings. The van der Waals surface area contributed by atoms with Crippen LogP contribution in [0.3, 0.4) is 0 Å². The minimum Gasteiger partial charge on any atom is -0.295 e. The van der Waals surface area contributed by atoms with Crippen LogP contribution in [0.5, 0.6) is 0 Å². The largest absolute Gasteiger partial charge is 0.295 e. The van der Waals surface area contributed by atoms with Crippen molar-refractivity contribution in [3.8, 4) is 6.07 Å². The first kappa shape index (κ1) is 11.5. The van der Waals surface area contributed by atoms with Crippen LogP contribution in [0.2, 0.25) is 0 Å². The Balaban J connectivity index is 2.66. The maximum absolute atomic E-state index is 8.96. The molecule has 0 aliphatic rings. The van der Waals surface area contributed by atoms with Crippen LogP contribution >= 0.6 is 0 Å². The van der Waals surface area contributed by atoms with E-state index in [2.05, 4.69) is 30.0 Å². The maximum Gasteiger partial charge on any atom is 0.124 e. The van der Waals surface area contributed by atoms with Gasteiger partial charge in [-0.25, -0.2) is 0 Å². The summed E-state index contributed by atoms with van der Waals surface area (Å²) in [5.41, 5.74) is 0.910. The summed E-state index contributed by atoms with van der Waals surface area (Å²) in [4.78, 5) is 0. The van der Waals surface area contributed by atoms with Gasteiger partial charge in [-0.2, -0.15) is 10.4 Å². The molecule has 4 heteroatoms. The summed E-state index contributed by atoms with van der Waals surface area (Å²) in [7, 11) is 0. The molecule has 1 atom stereocenters. The van der Waals surface area contributed by atoms with Crippen LogP contribution < -0.4 is 5.32 Å². The average Bonchev–Trinajstić information content (AvgIpc) is 2.68. The summed E-state index contributed by atoms with van der Waals surface area (Å²) >= 11 is 0. The molecule has 0 saturated heterocycles. The Morgan fingerprint density at radius 3 is 3.20 bits per heavy atom. The highest BCUT2D eigenvalue weighted by Gasteiger charge is 2.10. The maximum atomic E-state index is 8.96. The molecule has 1 unspecified atom stereocenters. The van der Waals surface area contributed by atoms with Gasteiger partial charge in [0.15, 0.2) is 0 Å². The van der Waals surface area contributed by atoms with Gasteiger partial charge in [0, 0.05) is 24.8 Å². The topological polar surface area (TPSA) is 53.6 Å². The summed E-state index contributed by atoms with van der Waals surface area (Å²) in [6.07, 6.45) is 6.42. The molecule has 0 spiro atoms. The van der Waals surface area contributed by atoms with Gasteiger partial charge in [-0.05, 0) is 6.42 Å². The van der Waals surface area contributed by atoms with E-state index in [1.165, 1.54) is 0 Å². The zero-order valence-corrected chi connectivity index (χ0v) is 8.98. The number of nitrogens with zero attached hydrogens (tertiary/aromatic N) is 3. The molecule has 0 aromatic carbocycles. The molecule has 15 heavy (non-hydrogen) atoms. The van der Waals surface area contributed by atoms with Crippen molar-refractivity contribution in [1.29, 1.82) is 5.26 Å². The Bertz CT molecular complexity index is 348. The Hall–Kier alpha value is -1.60. The van der Waals surface area contributed by atoms with Crippen LogP contribution in [-0.2, 0) is 6.54 Å². The first-order valence-corrected chi connectivity index (χ1v) is 5.08. The molecule has 0 bridgehead atoms. The molecule has 1 rings (SSSR count). The van der Waals surface area contributed by atoms with E-state index >= 15 is 0 Å². The third-order valence-electron chi connectivity index (χ3n) is 2.03. The number of aryl methyl sites for hydroxylation is 1. The number of hydrogen-bond acceptors (Lipinski definition) is 3. The van der Waals surface area contributed by atoms with Gasteiger partial charge in [0.2, 0.25) is 0 Å². The highest BCUT2D eigenvalue weighted by Crippen LogP contribution is 2.10. The molecule has 1 N–H and O–H groups in total. The number of nitriles is 1. The molecule has 0 aliphatic heterocycles. The zero-order chi connectivity index (χ0) is 11.1. The van der Waals surface area contributed by atoms with Gasteiger partial charge in [0.25, 0.3) is 0 Å². The predicted molar refractivity (Wildman–Crippen MR) is 59.1 cm³/mol. The Labute approximate surface area is 90.2 Å². The second kappa shape index (κ2) is 5.99. The molecule has 0 aliphatic carbocycles. The third kappa shape index (κ3) is 3.22. The van der Waals surface area contributed by atoms with E-state index in [4.69, 9.17) is 5.26 Å². The normalized spacial score (nSPS) is 12.0. The van der Waals surface area contributed by atoms with Crippen molar-refractivity contribution in [3.05, 3.63) is 30.6 Å². The van der Waals surface area contributed by atoms with E-state index in [1.54, 1.807) is 12.3 Å². The highest BCUT2D eigenvalue weighted by atomic mass is 15.3. The molecule has 4 nitrogen and oxygen atoms in total. The lowest BCUT2D eigenvalue weighted by molar-refractivity contribution is 0.600. The molecule has 1 aromatic heterocycles. The Kier molecular flexibility index (Phi) is 4.58. The van der Waals surface area contributed by atoms with Crippen LogP contribution in [0.1, 0.15) is 24.9 Å². The second-order valence-corrected chi connectivity index (χ2v) is 3.30. The van der Waals surface area contributed by atoms with Crippen molar-refractivity contribution >= 4 is 0 Å². The number of hydrogen-bond donors (Lipinski definition) is 1. The number of aromatic nitrogens is 2. The minimum atomic E-state index is -0.298. The molecular weight excluding hydrogens is 188 g/mol. The fourth-order valence-electron chi connectivity index (χ4n) is 1.32. The molecule has 0 saturated carbocycles. The lowest BCUT2D eigenvalue weighted by atomic mass is 10.2. The van der Waals surface area contributed by atoms with Crippen molar-refractivity contribution in [2.24, 2.45) is 0 Å². The van der Waals surface area contributed by atoms with Gasteiger partial charge in [0.05, 0.1) is 12.3 Å². The van der Waals surface area contributed by atoms with Gasteiger partial charge in [-0.15, -0.1) is 6.58 Å².